The van der Waals surface area contributed by atoms with Gasteiger partial charge in [0.2, 0.25) is 0 Å². The molecule has 1 aromatic carbocycles. The number of H-pyrrole nitrogens is 1. The SMILES string of the molecule is Cc1nccc2[nH]c(=O)c(C(=O)NCc3ccc(Cl)cc3)cc12. The summed E-state index contributed by atoms with van der Waals surface area (Å²) in [7, 11) is 0. The number of aryl methyl sites for hydroxylation is 1. The number of nitrogens with one attached hydrogen (secondary N) is 2. The van der Waals surface area contributed by atoms with Crippen LogP contribution in [-0.4, -0.2) is 15.9 Å². The van der Waals surface area contributed by atoms with E-state index in [2.05, 4.69) is 15.3 Å². The molecular formula is C17H14ClN3O2. The lowest BCUT2D eigenvalue weighted by Gasteiger charge is -2.07. The van der Waals surface area contributed by atoms with E-state index in [1.165, 1.54) is 0 Å². The summed E-state index contributed by atoms with van der Waals surface area (Å²) in [5, 5.41) is 4.12. The summed E-state index contributed by atoms with van der Waals surface area (Å²) in [4.78, 5) is 31.3. The minimum Gasteiger partial charge on any atom is -0.348 e. The molecule has 0 atom stereocenters. The van der Waals surface area contributed by atoms with E-state index in [4.69, 9.17) is 11.6 Å². The number of carbonyl (C=O) groups is 1. The summed E-state index contributed by atoms with van der Waals surface area (Å²) in [6.45, 7) is 2.15. The molecule has 0 aliphatic heterocycles. The van der Waals surface area contributed by atoms with Gasteiger partial charge in [-0.25, -0.2) is 0 Å². The Bertz CT molecular complexity index is 933. The molecule has 3 rings (SSSR count). The number of pyridine rings is 2. The molecule has 5 nitrogen and oxygen atoms in total. The molecule has 116 valence electrons. The second kappa shape index (κ2) is 6.22. The molecule has 1 amide bonds. The van der Waals surface area contributed by atoms with Crippen LogP contribution in [0.2, 0.25) is 5.02 Å². The topological polar surface area (TPSA) is 74.8 Å². The van der Waals surface area contributed by atoms with Gasteiger partial charge < -0.3 is 10.3 Å². The van der Waals surface area contributed by atoms with Crippen LogP contribution in [0.1, 0.15) is 21.6 Å². The molecular weight excluding hydrogens is 314 g/mol. The Morgan fingerprint density at radius 1 is 1.26 bits per heavy atom. The lowest BCUT2D eigenvalue weighted by molar-refractivity contribution is 0.0949. The first kappa shape index (κ1) is 15.2. The summed E-state index contributed by atoms with van der Waals surface area (Å²) >= 11 is 5.82. The number of benzene rings is 1. The van der Waals surface area contributed by atoms with Gasteiger partial charge >= 0.3 is 0 Å². The Morgan fingerprint density at radius 3 is 2.74 bits per heavy atom. The number of halogens is 1. The quantitative estimate of drug-likeness (QED) is 0.776. The Labute approximate surface area is 137 Å². The summed E-state index contributed by atoms with van der Waals surface area (Å²) in [6, 6.07) is 10.4. The van der Waals surface area contributed by atoms with Crippen LogP contribution in [0, 0.1) is 6.92 Å². The molecule has 6 heteroatoms. The third-order valence-electron chi connectivity index (χ3n) is 3.58. The third-order valence-corrected chi connectivity index (χ3v) is 3.83. The van der Waals surface area contributed by atoms with Crippen LogP contribution < -0.4 is 10.9 Å². The van der Waals surface area contributed by atoms with Crippen LogP contribution in [-0.2, 0) is 6.54 Å². The van der Waals surface area contributed by atoms with Gasteiger partial charge in [-0.3, -0.25) is 14.6 Å². The van der Waals surface area contributed by atoms with E-state index in [9.17, 15) is 9.59 Å². The van der Waals surface area contributed by atoms with E-state index in [1.807, 2.05) is 19.1 Å². The molecule has 2 aromatic heterocycles. The maximum absolute atomic E-state index is 12.3. The van der Waals surface area contributed by atoms with Crippen molar-refractivity contribution in [3.05, 3.63) is 74.8 Å². The standard InChI is InChI=1S/C17H14ClN3O2/c1-10-13-8-14(17(23)21-15(13)6-7-19-10)16(22)20-9-11-2-4-12(18)5-3-11/h2-8H,9H2,1H3,(H,20,22)(H,21,23). The lowest BCUT2D eigenvalue weighted by atomic mass is 10.1. The highest BCUT2D eigenvalue weighted by molar-refractivity contribution is 6.30. The third kappa shape index (κ3) is 3.24. The molecule has 0 bridgehead atoms. The van der Waals surface area contributed by atoms with E-state index < -0.39 is 11.5 Å². The zero-order valence-corrected chi connectivity index (χ0v) is 13.1. The lowest BCUT2D eigenvalue weighted by Crippen LogP contribution is -2.29. The van der Waals surface area contributed by atoms with Crippen LogP contribution >= 0.6 is 11.6 Å². The monoisotopic (exact) mass is 327 g/mol. The first-order chi connectivity index (χ1) is 11.0. The number of carbonyl (C=O) groups excluding carboxylic acids is 1. The second-order valence-corrected chi connectivity index (χ2v) is 5.62. The number of hydrogen-bond donors (Lipinski definition) is 2. The number of amides is 1. The number of nitrogens with zero attached hydrogens (tertiary/aromatic N) is 1. The molecule has 0 aliphatic carbocycles. The molecule has 0 unspecified atom stereocenters. The predicted octanol–water partition coefficient (Wildman–Crippen LogP) is 2.81. The van der Waals surface area contributed by atoms with Crippen molar-refractivity contribution in [2.45, 2.75) is 13.5 Å². The van der Waals surface area contributed by atoms with Crippen LogP contribution in [0.15, 0.2) is 47.4 Å². The fourth-order valence-corrected chi connectivity index (χ4v) is 2.44. The highest BCUT2D eigenvalue weighted by atomic mass is 35.5. The van der Waals surface area contributed by atoms with E-state index in [-0.39, 0.29) is 5.56 Å². The molecule has 0 fully saturated rings. The number of rotatable bonds is 3. The maximum Gasteiger partial charge on any atom is 0.261 e. The zero-order chi connectivity index (χ0) is 16.4. The second-order valence-electron chi connectivity index (χ2n) is 5.18. The summed E-state index contributed by atoms with van der Waals surface area (Å²) in [6.07, 6.45) is 1.62. The van der Waals surface area contributed by atoms with Crippen LogP contribution in [0.4, 0.5) is 0 Å². The molecule has 2 heterocycles. The summed E-state index contributed by atoms with van der Waals surface area (Å²) < 4.78 is 0. The van der Waals surface area contributed by atoms with Gasteiger partial charge in [-0.2, -0.15) is 0 Å². The molecule has 3 aromatic rings. The number of aromatic amines is 1. The van der Waals surface area contributed by atoms with E-state index in [0.29, 0.717) is 17.1 Å². The van der Waals surface area contributed by atoms with Gasteiger partial charge in [-0.15, -0.1) is 0 Å². The largest absolute Gasteiger partial charge is 0.348 e. The van der Waals surface area contributed by atoms with Crippen molar-refractivity contribution < 1.29 is 4.79 Å². The first-order valence-electron chi connectivity index (χ1n) is 7.06. The van der Waals surface area contributed by atoms with Gasteiger partial charge in [0.15, 0.2) is 0 Å². The highest BCUT2D eigenvalue weighted by Gasteiger charge is 2.12. The van der Waals surface area contributed by atoms with Crippen LogP contribution in [0.3, 0.4) is 0 Å². The van der Waals surface area contributed by atoms with Crippen molar-refractivity contribution in [2.75, 3.05) is 0 Å². The van der Waals surface area contributed by atoms with Gasteiger partial charge in [0, 0.05) is 28.8 Å². The smallest absolute Gasteiger partial charge is 0.261 e. The average molecular weight is 328 g/mol. The van der Waals surface area contributed by atoms with Crippen molar-refractivity contribution in [1.82, 2.24) is 15.3 Å². The Morgan fingerprint density at radius 2 is 2.00 bits per heavy atom. The van der Waals surface area contributed by atoms with Gasteiger partial charge in [-0.1, -0.05) is 23.7 Å². The van der Waals surface area contributed by atoms with Gasteiger partial charge in [-0.05, 0) is 36.8 Å². The fourth-order valence-electron chi connectivity index (χ4n) is 2.32. The van der Waals surface area contributed by atoms with Gasteiger partial charge in [0.1, 0.15) is 5.56 Å². The Balaban J connectivity index is 1.85. The molecule has 0 aliphatic rings. The Kier molecular flexibility index (Phi) is 4.12. The average Bonchev–Trinajstić information content (AvgIpc) is 2.54. The van der Waals surface area contributed by atoms with Crippen molar-refractivity contribution in [2.24, 2.45) is 0 Å². The molecule has 0 saturated heterocycles. The van der Waals surface area contributed by atoms with Crippen LogP contribution in [0.25, 0.3) is 10.9 Å². The maximum atomic E-state index is 12.3. The van der Waals surface area contributed by atoms with Crippen molar-refractivity contribution in [1.29, 1.82) is 0 Å². The fraction of sp³-hybridized carbons (Fsp3) is 0.118. The minimum atomic E-state index is -0.425. The Hall–Kier alpha value is -2.66. The number of aromatic nitrogens is 2. The first-order valence-corrected chi connectivity index (χ1v) is 7.43. The normalized spacial score (nSPS) is 10.7. The van der Waals surface area contributed by atoms with Crippen molar-refractivity contribution in [3.63, 3.8) is 0 Å². The molecule has 0 radical (unpaired) electrons. The summed E-state index contributed by atoms with van der Waals surface area (Å²) in [5.74, 6) is -0.425. The van der Waals surface area contributed by atoms with Crippen LogP contribution in [0.5, 0.6) is 0 Å². The molecule has 2 N–H and O–H groups in total. The van der Waals surface area contributed by atoms with Crippen molar-refractivity contribution >= 4 is 28.4 Å². The molecule has 0 saturated carbocycles. The number of hydrogen-bond acceptors (Lipinski definition) is 3. The van der Waals surface area contributed by atoms with E-state index in [0.717, 1.165) is 16.6 Å². The van der Waals surface area contributed by atoms with Gasteiger partial charge in [0.05, 0.1) is 5.52 Å². The minimum absolute atomic E-state index is 0.0718. The van der Waals surface area contributed by atoms with Gasteiger partial charge in [0.25, 0.3) is 11.5 Å². The van der Waals surface area contributed by atoms with Crippen molar-refractivity contribution in [3.8, 4) is 0 Å². The van der Waals surface area contributed by atoms with E-state index >= 15 is 0 Å². The highest BCUT2D eigenvalue weighted by Crippen LogP contribution is 2.13. The van der Waals surface area contributed by atoms with E-state index in [1.54, 1.807) is 30.5 Å². The number of fused-ring (bicyclic) bond motifs is 1. The zero-order valence-electron chi connectivity index (χ0n) is 12.4. The molecule has 23 heavy (non-hydrogen) atoms. The summed E-state index contributed by atoms with van der Waals surface area (Å²) in [5.41, 5.74) is 1.97. The predicted molar refractivity (Wildman–Crippen MR) is 89.7 cm³/mol. The molecule has 0 spiro atoms.